The molecule has 116 valence electrons. The van der Waals surface area contributed by atoms with Crippen LogP contribution in [-0.2, 0) is 19.4 Å². The van der Waals surface area contributed by atoms with Gasteiger partial charge in [-0.1, -0.05) is 18.2 Å². The van der Waals surface area contributed by atoms with E-state index in [0.29, 0.717) is 12.6 Å². The normalized spacial score (nSPS) is 21.6. The molecule has 1 aromatic carbocycles. The Labute approximate surface area is 130 Å². The highest BCUT2D eigenvalue weighted by atomic mass is 16.5. The monoisotopic (exact) mass is 298 g/mol. The molecule has 4 rings (SSSR count). The van der Waals surface area contributed by atoms with E-state index in [-0.39, 0.29) is 6.04 Å². The fourth-order valence-corrected chi connectivity index (χ4v) is 3.51. The number of aryl methyl sites for hydroxylation is 1. The molecule has 2 aliphatic heterocycles. The van der Waals surface area contributed by atoms with Gasteiger partial charge in [-0.05, 0) is 37.8 Å². The Morgan fingerprint density at radius 1 is 1.27 bits per heavy atom. The quantitative estimate of drug-likeness (QED) is 0.944. The van der Waals surface area contributed by atoms with Crippen molar-refractivity contribution >= 4 is 0 Å². The molecule has 2 aliphatic rings. The molecule has 0 saturated heterocycles. The van der Waals surface area contributed by atoms with E-state index in [4.69, 9.17) is 4.74 Å². The van der Waals surface area contributed by atoms with Crippen LogP contribution in [0.2, 0.25) is 0 Å². The van der Waals surface area contributed by atoms with Crippen LogP contribution < -0.4 is 10.1 Å². The average molecular weight is 298 g/mol. The van der Waals surface area contributed by atoms with Crippen molar-refractivity contribution in [1.82, 2.24) is 20.1 Å². The topological polar surface area (TPSA) is 52.0 Å². The zero-order chi connectivity index (χ0) is 14.9. The van der Waals surface area contributed by atoms with Gasteiger partial charge in [-0.2, -0.15) is 0 Å². The van der Waals surface area contributed by atoms with Crippen LogP contribution in [0, 0.1) is 0 Å². The van der Waals surface area contributed by atoms with Gasteiger partial charge in [-0.15, -0.1) is 10.2 Å². The van der Waals surface area contributed by atoms with Crippen molar-refractivity contribution in [3.63, 3.8) is 0 Å². The third-order valence-electron chi connectivity index (χ3n) is 4.64. The molecule has 2 atom stereocenters. The van der Waals surface area contributed by atoms with Crippen LogP contribution in [0.3, 0.4) is 0 Å². The molecule has 0 fully saturated rings. The highest BCUT2D eigenvalue weighted by molar-refractivity contribution is 5.35. The summed E-state index contributed by atoms with van der Waals surface area (Å²) in [5, 5.41) is 12.4. The van der Waals surface area contributed by atoms with Crippen molar-refractivity contribution in [3.05, 3.63) is 41.5 Å². The number of benzene rings is 1. The average Bonchev–Trinajstić information content (AvgIpc) is 2.99. The van der Waals surface area contributed by atoms with Gasteiger partial charge in [0.2, 0.25) is 0 Å². The standard InChI is InChI=1S/C17H22N4O/c1-12(17-20-19-16-8-4-5-9-21(16)17)18-14-10-13-6-2-3-7-15(13)22-11-14/h2-3,6-7,12,14,18H,4-5,8-11H2,1H3. The van der Waals surface area contributed by atoms with Crippen molar-refractivity contribution in [2.24, 2.45) is 0 Å². The fourth-order valence-electron chi connectivity index (χ4n) is 3.51. The minimum absolute atomic E-state index is 0.193. The summed E-state index contributed by atoms with van der Waals surface area (Å²) in [7, 11) is 0. The van der Waals surface area contributed by atoms with Gasteiger partial charge >= 0.3 is 0 Å². The zero-order valence-electron chi connectivity index (χ0n) is 13.0. The molecule has 3 heterocycles. The van der Waals surface area contributed by atoms with Crippen molar-refractivity contribution in [3.8, 4) is 5.75 Å². The summed E-state index contributed by atoms with van der Waals surface area (Å²) >= 11 is 0. The molecule has 0 saturated carbocycles. The number of nitrogens with zero attached hydrogens (tertiary/aromatic N) is 3. The van der Waals surface area contributed by atoms with E-state index >= 15 is 0 Å². The highest BCUT2D eigenvalue weighted by Gasteiger charge is 2.25. The summed E-state index contributed by atoms with van der Waals surface area (Å²) in [6.45, 7) is 3.93. The molecule has 22 heavy (non-hydrogen) atoms. The smallest absolute Gasteiger partial charge is 0.149 e. The summed E-state index contributed by atoms with van der Waals surface area (Å²) < 4.78 is 8.15. The molecular formula is C17H22N4O. The lowest BCUT2D eigenvalue weighted by atomic mass is 10.0. The molecule has 1 N–H and O–H groups in total. The maximum atomic E-state index is 5.86. The Balaban J connectivity index is 1.47. The van der Waals surface area contributed by atoms with Crippen LogP contribution in [0.5, 0.6) is 5.75 Å². The molecular weight excluding hydrogens is 276 g/mol. The lowest BCUT2D eigenvalue weighted by molar-refractivity contribution is 0.227. The van der Waals surface area contributed by atoms with Crippen LogP contribution >= 0.6 is 0 Å². The molecule has 0 spiro atoms. The Morgan fingerprint density at radius 3 is 3.14 bits per heavy atom. The lowest BCUT2D eigenvalue weighted by Crippen LogP contribution is -2.41. The Hall–Kier alpha value is -1.88. The van der Waals surface area contributed by atoms with E-state index < -0.39 is 0 Å². The Bertz CT molecular complexity index is 666. The molecule has 0 aliphatic carbocycles. The molecule has 2 unspecified atom stereocenters. The summed E-state index contributed by atoms with van der Waals surface area (Å²) in [6, 6.07) is 8.80. The third kappa shape index (κ3) is 2.50. The van der Waals surface area contributed by atoms with Crippen LogP contribution in [0.4, 0.5) is 0 Å². The first-order chi connectivity index (χ1) is 10.8. The van der Waals surface area contributed by atoms with Gasteiger partial charge in [0.05, 0.1) is 6.04 Å². The van der Waals surface area contributed by atoms with Crippen molar-refractivity contribution in [1.29, 1.82) is 0 Å². The van der Waals surface area contributed by atoms with E-state index in [1.165, 1.54) is 18.4 Å². The van der Waals surface area contributed by atoms with Gasteiger partial charge in [0.1, 0.15) is 24.0 Å². The van der Waals surface area contributed by atoms with Crippen molar-refractivity contribution in [2.45, 2.75) is 51.2 Å². The van der Waals surface area contributed by atoms with Gasteiger partial charge in [0.15, 0.2) is 0 Å². The van der Waals surface area contributed by atoms with E-state index in [2.05, 4.69) is 39.1 Å². The maximum Gasteiger partial charge on any atom is 0.149 e. The van der Waals surface area contributed by atoms with Gasteiger partial charge in [-0.3, -0.25) is 0 Å². The number of nitrogens with one attached hydrogen (secondary N) is 1. The first kappa shape index (κ1) is 13.8. The second-order valence-corrected chi connectivity index (χ2v) is 6.29. The van der Waals surface area contributed by atoms with E-state index in [1.807, 2.05) is 12.1 Å². The van der Waals surface area contributed by atoms with E-state index in [0.717, 1.165) is 36.8 Å². The summed E-state index contributed by atoms with van der Waals surface area (Å²) in [6.07, 6.45) is 4.51. The molecule has 0 radical (unpaired) electrons. The third-order valence-corrected chi connectivity index (χ3v) is 4.64. The zero-order valence-corrected chi connectivity index (χ0v) is 13.0. The molecule has 1 aromatic heterocycles. The Morgan fingerprint density at radius 2 is 2.18 bits per heavy atom. The number of hydrogen-bond donors (Lipinski definition) is 1. The van der Waals surface area contributed by atoms with Crippen molar-refractivity contribution < 1.29 is 4.74 Å². The number of rotatable bonds is 3. The number of para-hydroxylation sites is 1. The highest BCUT2D eigenvalue weighted by Crippen LogP contribution is 2.25. The molecule has 0 bridgehead atoms. The van der Waals surface area contributed by atoms with Crippen LogP contribution in [-0.4, -0.2) is 27.4 Å². The molecule has 0 amide bonds. The minimum atomic E-state index is 0.193. The van der Waals surface area contributed by atoms with Gasteiger partial charge in [0, 0.05) is 19.0 Å². The van der Waals surface area contributed by atoms with E-state index in [1.54, 1.807) is 0 Å². The van der Waals surface area contributed by atoms with Gasteiger partial charge in [0.25, 0.3) is 0 Å². The minimum Gasteiger partial charge on any atom is -0.492 e. The summed E-state index contributed by atoms with van der Waals surface area (Å²) in [4.78, 5) is 0. The predicted octanol–water partition coefficient (Wildman–Crippen LogP) is 2.27. The van der Waals surface area contributed by atoms with Crippen LogP contribution in [0.15, 0.2) is 24.3 Å². The second-order valence-electron chi connectivity index (χ2n) is 6.29. The number of aromatic nitrogens is 3. The van der Waals surface area contributed by atoms with Gasteiger partial charge in [-0.25, -0.2) is 0 Å². The molecule has 5 nitrogen and oxygen atoms in total. The molecule has 5 heteroatoms. The van der Waals surface area contributed by atoms with Crippen LogP contribution in [0.25, 0.3) is 0 Å². The largest absolute Gasteiger partial charge is 0.492 e. The number of hydrogen-bond acceptors (Lipinski definition) is 4. The Kier molecular flexibility index (Phi) is 3.58. The summed E-state index contributed by atoms with van der Waals surface area (Å²) in [5.41, 5.74) is 1.28. The number of ether oxygens (including phenoxy) is 1. The van der Waals surface area contributed by atoms with Crippen LogP contribution in [0.1, 0.15) is 43.0 Å². The van der Waals surface area contributed by atoms with Gasteiger partial charge < -0.3 is 14.6 Å². The molecule has 2 aromatic rings. The first-order valence-electron chi connectivity index (χ1n) is 8.20. The van der Waals surface area contributed by atoms with E-state index in [9.17, 15) is 0 Å². The van der Waals surface area contributed by atoms with Crippen molar-refractivity contribution in [2.75, 3.05) is 6.61 Å². The maximum absolute atomic E-state index is 5.86. The first-order valence-corrected chi connectivity index (χ1v) is 8.20. The predicted molar refractivity (Wildman–Crippen MR) is 83.9 cm³/mol. The second kappa shape index (κ2) is 5.72. The SMILES string of the molecule is CC(NC1COc2ccccc2C1)c1nnc2n1CCCC2. The lowest BCUT2D eigenvalue weighted by Gasteiger charge is -2.29. The number of fused-ring (bicyclic) bond motifs is 2. The summed E-state index contributed by atoms with van der Waals surface area (Å²) in [5.74, 6) is 3.22. The fraction of sp³-hybridized carbons (Fsp3) is 0.529.